The molecule has 21 heavy (non-hydrogen) atoms. The standard InChI is InChI=1S/C17H24N2OS/c1-11(2)20-16-7-5-6-15(17(16)18)19-12(3)10-14-9-8-13(4)21-14/h5-9,11-12,19H,10,18H2,1-4H3. The maximum atomic E-state index is 6.19. The van der Waals surface area contributed by atoms with Crippen LogP contribution in [0, 0.1) is 6.92 Å². The summed E-state index contributed by atoms with van der Waals surface area (Å²) < 4.78 is 5.73. The van der Waals surface area contributed by atoms with E-state index in [1.807, 2.05) is 43.4 Å². The molecule has 0 aliphatic heterocycles. The van der Waals surface area contributed by atoms with Crippen LogP contribution in [0.25, 0.3) is 0 Å². The maximum absolute atomic E-state index is 6.19. The van der Waals surface area contributed by atoms with E-state index in [1.165, 1.54) is 9.75 Å². The van der Waals surface area contributed by atoms with Gasteiger partial charge >= 0.3 is 0 Å². The van der Waals surface area contributed by atoms with Gasteiger partial charge in [0.25, 0.3) is 0 Å². The summed E-state index contributed by atoms with van der Waals surface area (Å²) in [6, 6.07) is 10.6. The molecule has 3 nitrogen and oxygen atoms in total. The van der Waals surface area contributed by atoms with Gasteiger partial charge in [0, 0.05) is 22.2 Å². The Kier molecular flexibility index (Phi) is 5.12. The fourth-order valence-corrected chi connectivity index (χ4v) is 3.26. The fraction of sp³-hybridized carbons (Fsp3) is 0.412. The number of thiophene rings is 1. The second kappa shape index (κ2) is 6.85. The van der Waals surface area contributed by atoms with Crippen LogP contribution in [0.4, 0.5) is 11.4 Å². The van der Waals surface area contributed by atoms with Crippen LogP contribution < -0.4 is 15.8 Å². The minimum atomic E-state index is 0.120. The van der Waals surface area contributed by atoms with Gasteiger partial charge in [-0.15, -0.1) is 11.3 Å². The van der Waals surface area contributed by atoms with Crippen molar-refractivity contribution in [3.8, 4) is 5.75 Å². The van der Waals surface area contributed by atoms with Gasteiger partial charge in [-0.2, -0.15) is 0 Å². The highest BCUT2D eigenvalue weighted by Crippen LogP contribution is 2.31. The zero-order valence-electron chi connectivity index (χ0n) is 13.1. The molecule has 0 saturated heterocycles. The van der Waals surface area contributed by atoms with Crippen LogP contribution in [0.5, 0.6) is 5.75 Å². The Morgan fingerprint density at radius 2 is 1.95 bits per heavy atom. The highest BCUT2D eigenvalue weighted by molar-refractivity contribution is 7.11. The van der Waals surface area contributed by atoms with Gasteiger partial charge in [-0.05, 0) is 52.0 Å². The van der Waals surface area contributed by atoms with Crippen LogP contribution >= 0.6 is 11.3 Å². The number of para-hydroxylation sites is 1. The van der Waals surface area contributed by atoms with Crippen molar-refractivity contribution in [2.75, 3.05) is 11.1 Å². The number of hydrogen-bond acceptors (Lipinski definition) is 4. The summed E-state index contributed by atoms with van der Waals surface area (Å²) >= 11 is 1.85. The third kappa shape index (κ3) is 4.39. The Balaban J connectivity index is 2.05. The minimum absolute atomic E-state index is 0.120. The first kappa shape index (κ1) is 15.7. The molecule has 1 unspecified atom stereocenters. The van der Waals surface area contributed by atoms with E-state index in [-0.39, 0.29) is 6.10 Å². The molecule has 1 aromatic carbocycles. The molecular weight excluding hydrogens is 280 g/mol. The topological polar surface area (TPSA) is 47.3 Å². The molecule has 0 saturated carbocycles. The summed E-state index contributed by atoms with van der Waals surface area (Å²) in [5.41, 5.74) is 7.81. The number of anilines is 2. The van der Waals surface area contributed by atoms with E-state index < -0.39 is 0 Å². The molecule has 3 N–H and O–H groups in total. The molecule has 1 atom stereocenters. The molecule has 0 bridgehead atoms. The monoisotopic (exact) mass is 304 g/mol. The molecule has 0 aliphatic carbocycles. The van der Waals surface area contributed by atoms with Crippen molar-refractivity contribution in [1.82, 2.24) is 0 Å². The highest BCUT2D eigenvalue weighted by atomic mass is 32.1. The van der Waals surface area contributed by atoms with Gasteiger partial charge in [0.15, 0.2) is 0 Å². The predicted octanol–water partition coefficient (Wildman–Crippen LogP) is 4.47. The normalized spacial score (nSPS) is 12.4. The number of nitrogens with one attached hydrogen (secondary N) is 1. The smallest absolute Gasteiger partial charge is 0.144 e. The van der Waals surface area contributed by atoms with Crippen LogP contribution in [0.15, 0.2) is 30.3 Å². The third-order valence-electron chi connectivity index (χ3n) is 3.13. The predicted molar refractivity (Wildman–Crippen MR) is 92.5 cm³/mol. The average Bonchev–Trinajstić information content (AvgIpc) is 2.79. The second-order valence-corrected chi connectivity index (χ2v) is 7.02. The Morgan fingerprint density at radius 3 is 2.57 bits per heavy atom. The number of nitrogens with two attached hydrogens (primary N) is 1. The quantitative estimate of drug-likeness (QED) is 0.774. The summed E-state index contributed by atoms with van der Waals surface area (Å²) in [6.45, 7) is 8.31. The molecule has 0 fully saturated rings. The van der Waals surface area contributed by atoms with Crippen molar-refractivity contribution in [2.45, 2.75) is 46.3 Å². The zero-order chi connectivity index (χ0) is 15.4. The van der Waals surface area contributed by atoms with E-state index in [1.54, 1.807) is 0 Å². The Labute approximate surface area is 131 Å². The number of rotatable bonds is 6. The van der Waals surface area contributed by atoms with Gasteiger partial charge in [0.05, 0.1) is 17.5 Å². The molecule has 0 amide bonds. The van der Waals surface area contributed by atoms with Crippen LogP contribution in [-0.4, -0.2) is 12.1 Å². The largest absolute Gasteiger partial charge is 0.489 e. The lowest BCUT2D eigenvalue weighted by Crippen LogP contribution is -2.19. The Morgan fingerprint density at radius 1 is 1.19 bits per heavy atom. The average molecular weight is 304 g/mol. The maximum Gasteiger partial charge on any atom is 0.144 e. The molecule has 2 aromatic rings. The molecule has 4 heteroatoms. The summed E-state index contributed by atoms with van der Waals surface area (Å²) in [4.78, 5) is 2.74. The van der Waals surface area contributed by atoms with Crippen molar-refractivity contribution >= 4 is 22.7 Å². The summed E-state index contributed by atoms with van der Waals surface area (Å²) in [5, 5.41) is 3.48. The Hall–Kier alpha value is -1.68. The van der Waals surface area contributed by atoms with Gasteiger partial charge < -0.3 is 15.8 Å². The first-order chi connectivity index (χ1) is 9.95. The number of ether oxygens (including phenoxy) is 1. The van der Waals surface area contributed by atoms with Gasteiger partial charge in [-0.3, -0.25) is 0 Å². The Bertz CT molecular complexity index is 592. The lowest BCUT2D eigenvalue weighted by Gasteiger charge is -2.19. The van der Waals surface area contributed by atoms with E-state index in [0.717, 1.165) is 17.9 Å². The first-order valence-electron chi connectivity index (χ1n) is 7.32. The zero-order valence-corrected chi connectivity index (χ0v) is 14.0. The molecule has 0 aliphatic rings. The van der Waals surface area contributed by atoms with Gasteiger partial charge in [-0.1, -0.05) is 6.07 Å². The lowest BCUT2D eigenvalue weighted by atomic mass is 10.1. The number of aryl methyl sites for hydroxylation is 1. The van der Waals surface area contributed by atoms with Crippen molar-refractivity contribution in [1.29, 1.82) is 0 Å². The van der Waals surface area contributed by atoms with Crippen LogP contribution in [0.1, 0.15) is 30.5 Å². The summed E-state index contributed by atoms with van der Waals surface area (Å²) in [6.07, 6.45) is 1.11. The number of nitrogen functional groups attached to an aromatic ring is 1. The van der Waals surface area contributed by atoms with Crippen LogP contribution in [-0.2, 0) is 6.42 Å². The molecular formula is C17H24N2OS. The minimum Gasteiger partial charge on any atom is -0.489 e. The van der Waals surface area contributed by atoms with Gasteiger partial charge in [0.2, 0.25) is 0 Å². The third-order valence-corrected chi connectivity index (χ3v) is 4.16. The van der Waals surface area contributed by atoms with Crippen molar-refractivity contribution in [2.24, 2.45) is 0 Å². The van der Waals surface area contributed by atoms with Gasteiger partial charge in [0.1, 0.15) is 5.75 Å². The molecule has 1 heterocycles. The van der Waals surface area contributed by atoms with E-state index >= 15 is 0 Å². The van der Waals surface area contributed by atoms with Crippen LogP contribution in [0.2, 0.25) is 0 Å². The SMILES string of the molecule is Cc1ccc(CC(C)Nc2cccc(OC(C)C)c2N)s1. The van der Waals surface area contributed by atoms with Crippen molar-refractivity contribution in [3.63, 3.8) is 0 Å². The molecule has 0 radical (unpaired) electrons. The highest BCUT2D eigenvalue weighted by Gasteiger charge is 2.11. The van der Waals surface area contributed by atoms with Crippen molar-refractivity contribution in [3.05, 3.63) is 40.1 Å². The molecule has 2 rings (SSSR count). The van der Waals surface area contributed by atoms with E-state index in [4.69, 9.17) is 10.5 Å². The van der Waals surface area contributed by atoms with E-state index in [2.05, 4.69) is 31.3 Å². The lowest BCUT2D eigenvalue weighted by molar-refractivity contribution is 0.244. The molecule has 0 spiro atoms. The molecule has 114 valence electrons. The summed E-state index contributed by atoms with van der Waals surface area (Å²) in [5.74, 6) is 0.745. The summed E-state index contributed by atoms with van der Waals surface area (Å²) in [7, 11) is 0. The number of hydrogen-bond donors (Lipinski definition) is 2. The van der Waals surface area contributed by atoms with Crippen LogP contribution in [0.3, 0.4) is 0 Å². The second-order valence-electron chi connectivity index (χ2n) is 5.65. The van der Waals surface area contributed by atoms with Crippen molar-refractivity contribution < 1.29 is 4.74 Å². The van der Waals surface area contributed by atoms with E-state index in [0.29, 0.717) is 11.7 Å². The van der Waals surface area contributed by atoms with E-state index in [9.17, 15) is 0 Å². The first-order valence-corrected chi connectivity index (χ1v) is 8.14. The molecule has 1 aromatic heterocycles. The number of benzene rings is 1. The fourth-order valence-electron chi connectivity index (χ4n) is 2.24. The van der Waals surface area contributed by atoms with Gasteiger partial charge in [-0.25, -0.2) is 0 Å².